The van der Waals surface area contributed by atoms with Crippen LogP contribution in [0.5, 0.6) is 11.5 Å². The van der Waals surface area contributed by atoms with E-state index in [4.69, 9.17) is 14.2 Å². The molecule has 33 heavy (non-hydrogen) atoms. The third-order valence-electron chi connectivity index (χ3n) is 6.33. The first kappa shape index (κ1) is 24.5. The van der Waals surface area contributed by atoms with E-state index in [2.05, 4.69) is 10.3 Å². The molecule has 2 N–H and O–H groups in total. The Morgan fingerprint density at radius 2 is 1.85 bits per heavy atom. The van der Waals surface area contributed by atoms with Crippen molar-refractivity contribution in [2.24, 2.45) is 0 Å². The van der Waals surface area contributed by atoms with Crippen molar-refractivity contribution in [2.45, 2.75) is 65.5 Å². The van der Waals surface area contributed by atoms with Gasteiger partial charge in [0.05, 0.1) is 26.5 Å². The van der Waals surface area contributed by atoms with Crippen molar-refractivity contribution in [1.29, 1.82) is 0 Å². The molecular weight excluding hydrogens is 422 g/mol. The standard InChI is InChI=1S/C25H35N3O5/c1-6-33-24(29)23-16(2)20(17(3)26-23)15-28(18-10-8-7-9-11-18)25(30)27-21-14-19(31-4)12-13-22(21)32-5/h12-14,18,26H,6-11,15H2,1-5H3,(H,27,30). The van der Waals surface area contributed by atoms with E-state index in [0.717, 1.165) is 42.5 Å². The molecule has 2 aromatic rings. The maximum absolute atomic E-state index is 13.6. The summed E-state index contributed by atoms with van der Waals surface area (Å²) in [7, 11) is 3.15. The smallest absolute Gasteiger partial charge is 0.355 e. The van der Waals surface area contributed by atoms with Crippen LogP contribution < -0.4 is 14.8 Å². The molecule has 0 atom stereocenters. The van der Waals surface area contributed by atoms with Crippen LogP contribution in [0.3, 0.4) is 0 Å². The first-order valence-electron chi connectivity index (χ1n) is 11.5. The number of urea groups is 1. The molecule has 0 spiro atoms. The summed E-state index contributed by atoms with van der Waals surface area (Å²) in [5, 5.41) is 3.02. The van der Waals surface area contributed by atoms with Crippen LogP contribution in [0.15, 0.2) is 18.2 Å². The van der Waals surface area contributed by atoms with Gasteiger partial charge in [-0.3, -0.25) is 0 Å². The second-order valence-electron chi connectivity index (χ2n) is 8.37. The zero-order valence-corrected chi connectivity index (χ0v) is 20.2. The molecule has 3 rings (SSSR count). The molecule has 1 aliphatic rings. The van der Waals surface area contributed by atoms with Crippen molar-refractivity contribution < 1.29 is 23.8 Å². The Labute approximate surface area is 195 Å². The molecule has 2 amide bonds. The fraction of sp³-hybridized carbons (Fsp3) is 0.520. The van der Waals surface area contributed by atoms with Gasteiger partial charge >= 0.3 is 12.0 Å². The van der Waals surface area contributed by atoms with Gasteiger partial charge in [-0.15, -0.1) is 0 Å². The van der Waals surface area contributed by atoms with Crippen LogP contribution in [-0.4, -0.2) is 48.8 Å². The summed E-state index contributed by atoms with van der Waals surface area (Å²) in [5.74, 6) is 0.817. The number of aromatic amines is 1. The van der Waals surface area contributed by atoms with Crippen LogP contribution in [0.2, 0.25) is 0 Å². The zero-order valence-electron chi connectivity index (χ0n) is 20.2. The number of anilines is 1. The molecule has 0 radical (unpaired) electrons. The van der Waals surface area contributed by atoms with Gasteiger partial charge in [-0.2, -0.15) is 0 Å². The Morgan fingerprint density at radius 3 is 2.48 bits per heavy atom. The summed E-state index contributed by atoms with van der Waals surface area (Å²) >= 11 is 0. The zero-order chi connectivity index (χ0) is 24.0. The quantitative estimate of drug-likeness (QED) is 0.532. The van der Waals surface area contributed by atoms with E-state index >= 15 is 0 Å². The Kier molecular flexibility index (Phi) is 8.25. The lowest BCUT2D eigenvalue weighted by molar-refractivity contribution is 0.0519. The molecular formula is C25H35N3O5. The minimum Gasteiger partial charge on any atom is -0.497 e. The molecule has 0 unspecified atom stereocenters. The highest BCUT2D eigenvalue weighted by atomic mass is 16.5. The Hall–Kier alpha value is -3.16. The summed E-state index contributed by atoms with van der Waals surface area (Å²) < 4.78 is 15.9. The highest BCUT2D eigenvalue weighted by molar-refractivity contribution is 5.92. The van der Waals surface area contributed by atoms with E-state index < -0.39 is 0 Å². The number of methoxy groups -OCH3 is 2. The number of carbonyl (C=O) groups excluding carboxylic acids is 2. The van der Waals surface area contributed by atoms with Crippen molar-refractivity contribution in [1.82, 2.24) is 9.88 Å². The van der Waals surface area contributed by atoms with Gasteiger partial charge in [-0.05, 0) is 56.9 Å². The van der Waals surface area contributed by atoms with Crippen molar-refractivity contribution in [3.63, 3.8) is 0 Å². The predicted octanol–water partition coefficient (Wildman–Crippen LogP) is 5.19. The van der Waals surface area contributed by atoms with Gasteiger partial charge in [0.25, 0.3) is 0 Å². The predicted molar refractivity (Wildman–Crippen MR) is 127 cm³/mol. The van der Waals surface area contributed by atoms with E-state index in [0.29, 0.717) is 36.0 Å². The third-order valence-corrected chi connectivity index (χ3v) is 6.33. The number of amides is 2. The number of aryl methyl sites for hydroxylation is 1. The SMILES string of the molecule is CCOC(=O)c1[nH]c(C)c(CN(C(=O)Nc2cc(OC)ccc2OC)C2CCCCC2)c1C. The van der Waals surface area contributed by atoms with Crippen LogP contribution in [0, 0.1) is 13.8 Å². The molecule has 1 saturated carbocycles. The minimum atomic E-state index is -0.376. The molecule has 1 aliphatic carbocycles. The Balaban J connectivity index is 1.90. The topological polar surface area (TPSA) is 92.9 Å². The van der Waals surface area contributed by atoms with Gasteiger partial charge < -0.3 is 29.4 Å². The minimum absolute atomic E-state index is 0.120. The molecule has 1 aromatic heterocycles. The first-order chi connectivity index (χ1) is 15.9. The van der Waals surface area contributed by atoms with E-state index in [1.165, 1.54) is 6.42 Å². The molecule has 180 valence electrons. The van der Waals surface area contributed by atoms with Crippen LogP contribution >= 0.6 is 0 Å². The van der Waals surface area contributed by atoms with E-state index in [1.807, 2.05) is 18.7 Å². The lowest BCUT2D eigenvalue weighted by atomic mass is 9.93. The number of H-pyrrole nitrogens is 1. The van der Waals surface area contributed by atoms with Gasteiger partial charge in [0, 0.05) is 24.3 Å². The largest absolute Gasteiger partial charge is 0.497 e. The maximum Gasteiger partial charge on any atom is 0.355 e. The van der Waals surface area contributed by atoms with Crippen LogP contribution in [-0.2, 0) is 11.3 Å². The fourth-order valence-electron chi connectivity index (χ4n) is 4.46. The van der Waals surface area contributed by atoms with Crippen molar-refractivity contribution in [3.8, 4) is 11.5 Å². The average molecular weight is 458 g/mol. The Morgan fingerprint density at radius 1 is 1.12 bits per heavy atom. The lowest BCUT2D eigenvalue weighted by Gasteiger charge is -2.35. The number of nitrogens with zero attached hydrogens (tertiary/aromatic N) is 1. The molecule has 8 nitrogen and oxygen atoms in total. The van der Waals surface area contributed by atoms with Crippen molar-refractivity contribution in [3.05, 3.63) is 40.7 Å². The second-order valence-corrected chi connectivity index (χ2v) is 8.37. The van der Waals surface area contributed by atoms with Gasteiger partial charge in [0.15, 0.2) is 0 Å². The number of hydrogen-bond acceptors (Lipinski definition) is 5. The van der Waals surface area contributed by atoms with Gasteiger partial charge in [0.2, 0.25) is 0 Å². The summed E-state index contributed by atoms with van der Waals surface area (Å²) in [6.45, 7) is 6.31. The van der Waals surface area contributed by atoms with Crippen molar-refractivity contribution >= 4 is 17.7 Å². The summed E-state index contributed by atoms with van der Waals surface area (Å²) in [6.07, 6.45) is 5.28. The first-order valence-corrected chi connectivity index (χ1v) is 11.5. The van der Waals surface area contributed by atoms with E-state index in [-0.39, 0.29) is 18.0 Å². The van der Waals surface area contributed by atoms with Crippen LogP contribution in [0.1, 0.15) is 66.3 Å². The Bertz CT molecular complexity index is 979. The molecule has 0 aliphatic heterocycles. The van der Waals surface area contributed by atoms with Gasteiger partial charge in [-0.1, -0.05) is 19.3 Å². The van der Waals surface area contributed by atoms with E-state index in [1.54, 1.807) is 39.3 Å². The number of ether oxygens (including phenoxy) is 3. The third kappa shape index (κ3) is 5.61. The number of nitrogens with one attached hydrogen (secondary N) is 2. The number of hydrogen-bond donors (Lipinski definition) is 2. The van der Waals surface area contributed by atoms with Crippen LogP contribution in [0.4, 0.5) is 10.5 Å². The number of carbonyl (C=O) groups is 2. The normalized spacial score (nSPS) is 14.0. The molecule has 1 heterocycles. The molecule has 1 aromatic carbocycles. The summed E-state index contributed by atoms with van der Waals surface area (Å²) in [6, 6.07) is 5.23. The second kappa shape index (κ2) is 11.1. The van der Waals surface area contributed by atoms with Gasteiger partial charge in [0.1, 0.15) is 17.2 Å². The summed E-state index contributed by atoms with van der Waals surface area (Å²) in [5.41, 5.74) is 3.62. The number of esters is 1. The highest BCUT2D eigenvalue weighted by Crippen LogP contribution is 2.31. The van der Waals surface area contributed by atoms with Crippen LogP contribution in [0.25, 0.3) is 0 Å². The maximum atomic E-state index is 13.6. The fourth-order valence-corrected chi connectivity index (χ4v) is 4.46. The molecule has 8 heteroatoms. The summed E-state index contributed by atoms with van der Waals surface area (Å²) in [4.78, 5) is 31.0. The number of rotatable bonds is 8. The highest BCUT2D eigenvalue weighted by Gasteiger charge is 2.29. The monoisotopic (exact) mass is 457 g/mol. The molecule has 1 fully saturated rings. The lowest BCUT2D eigenvalue weighted by Crippen LogP contribution is -2.43. The van der Waals surface area contributed by atoms with Crippen molar-refractivity contribution in [2.75, 3.05) is 26.1 Å². The molecule has 0 saturated heterocycles. The number of aromatic nitrogens is 1. The number of benzene rings is 1. The molecule has 0 bridgehead atoms. The van der Waals surface area contributed by atoms with E-state index in [9.17, 15) is 9.59 Å². The average Bonchev–Trinajstić information content (AvgIpc) is 3.11. The van der Waals surface area contributed by atoms with Gasteiger partial charge in [-0.25, -0.2) is 9.59 Å².